The van der Waals surface area contributed by atoms with E-state index < -0.39 is 22.8 Å². The molecule has 2 unspecified atom stereocenters. The Balaban J connectivity index is 1.83. The Morgan fingerprint density at radius 1 is 1.32 bits per heavy atom. The number of aromatic carboxylic acids is 1. The van der Waals surface area contributed by atoms with Crippen LogP contribution in [0.25, 0.3) is 22.2 Å². The number of aryl methyl sites for hydroxylation is 1. The van der Waals surface area contributed by atoms with Crippen LogP contribution in [0.1, 0.15) is 41.9 Å². The summed E-state index contributed by atoms with van der Waals surface area (Å²) in [7, 11) is 2.07. The van der Waals surface area contributed by atoms with Crippen LogP contribution in [0.3, 0.4) is 0 Å². The molecular formula is C22H24N2O4. The molecule has 2 heterocycles. The van der Waals surface area contributed by atoms with Crippen LogP contribution < -0.4 is 5.56 Å². The second kappa shape index (κ2) is 6.55. The Labute approximate surface area is 162 Å². The summed E-state index contributed by atoms with van der Waals surface area (Å²) in [6.45, 7) is 4.10. The lowest BCUT2D eigenvalue weighted by atomic mass is 9.99. The van der Waals surface area contributed by atoms with Crippen molar-refractivity contribution in [3.8, 4) is 17.0 Å². The number of aromatic nitrogens is 2. The lowest BCUT2D eigenvalue weighted by Crippen LogP contribution is -2.20. The fraction of sp³-hybridized carbons (Fsp3) is 0.364. The zero-order valence-electron chi connectivity index (χ0n) is 16.2. The minimum absolute atomic E-state index is 0.399. The van der Waals surface area contributed by atoms with Crippen molar-refractivity contribution in [2.24, 2.45) is 18.9 Å². The molecule has 28 heavy (non-hydrogen) atoms. The molecule has 0 spiro atoms. The Morgan fingerprint density at radius 3 is 2.64 bits per heavy atom. The van der Waals surface area contributed by atoms with E-state index in [1.165, 1.54) is 12.1 Å². The molecule has 1 aliphatic carbocycles. The number of carbonyl (C=O) groups is 1. The van der Waals surface area contributed by atoms with Gasteiger partial charge in [-0.3, -0.25) is 4.79 Å². The van der Waals surface area contributed by atoms with Gasteiger partial charge in [-0.25, -0.2) is 4.79 Å². The van der Waals surface area contributed by atoms with Crippen LogP contribution in [0.15, 0.2) is 29.1 Å². The summed E-state index contributed by atoms with van der Waals surface area (Å²) in [5.41, 5.74) is 2.65. The molecule has 0 bridgehead atoms. The summed E-state index contributed by atoms with van der Waals surface area (Å²) in [6.07, 6.45) is 2.74. The predicted molar refractivity (Wildman–Crippen MR) is 108 cm³/mol. The molecule has 2 atom stereocenters. The number of nitrogens with one attached hydrogen (secondary N) is 1. The van der Waals surface area contributed by atoms with Crippen LogP contribution >= 0.6 is 0 Å². The SMILES string of the molecule is CCc1c(-c2ccc3c(c2)cc(CC2CC2C)n3C)[nH]c(=O)c(C(=O)O)c1O. The average Bonchev–Trinajstić information content (AvgIpc) is 3.24. The van der Waals surface area contributed by atoms with Gasteiger partial charge in [-0.15, -0.1) is 0 Å². The summed E-state index contributed by atoms with van der Waals surface area (Å²) >= 11 is 0. The van der Waals surface area contributed by atoms with E-state index in [-0.39, 0.29) is 0 Å². The maximum Gasteiger partial charge on any atom is 0.345 e. The number of nitrogens with zero attached hydrogens (tertiary/aromatic N) is 1. The van der Waals surface area contributed by atoms with Crippen molar-refractivity contribution in [3.63, 3.8) is 0 Å². The number of hydrogen-bond acceptors (Lipinski definition) is 3. The highest BCUT2D eigenvalue weighted by molar-refractivity contribution is 5.92. The van der Waals surface area contributed by atoms with E-state index >= 15 is 0 Å². The fourth-order valence-corrected chi connectivity index (χ4v) is 4.13. The van der Waals surface area contributed by atoms with Crippen molar-refractivity contribution >= 4 is 16.9 Å². The van der Waals surface area contributed by atoms with Gasteiger partial charge in [0.05, 0.1) is 5.69 Å². The third-order valence-electron chi connectivity index (χ3n) is 6.04. The number of H-pyrrole nitrogens is 1. The van der Waals surface area contributed by atoms with Gasteiger partial charge in [-0.05, 0) is 54.9 Å². The normalized spacial score (nSPS) is 18.5. The first-order chi connectivity index (χ1) is 13.3. The monoisotopic (exact) mass is 380 g/mol. The molecule has 0 amide bonds. The topological polar surface area (TPSA) is 95.3 Å². The largest absolute Gasteiger partial charge is 0.506 e. The molecule has 146 valence electrons. The molecule has 1 aliphatic rings. The standard InChI is InChI=1S/C22H24N2O4/c1-4-16-19(23-21(26)18(20(16)25)22(27)28)12-5-6-17-14(8-12)10-15(24(17)3)9-13-7-11(13)2/h5-6,8,10-11,13H,4,7,9H2,1-3H3,(H,27,28)(H2,23,25,26). The molecule has 0 saturated heterocycles. The summed E-state index contributed by atoms with van der Waals surface area (Å²) in [5.74, 6) is -0.338. The molecule has 2 aromatic heterocycles. The molecule has 6 heteroatoms. The summed E-state index contributed by atoms with van der Waals surface area (Å²) in [4.78, 5) is 26.2. The third-order valence-corrected chi connectivity index (χ3v) is 6.04. The van der Waals surface area contributed by atoms with Gasteiger partial charge in [-0.1, -0.05) is 19.9 Å². The van der Waals surface area contributed by atoms with E-state index in [0.717, 1.165) is 34.7 Å². The van der Waals surface area contributed by atoms with Crippen LogP contribution in [0, 0.1) is 11.8 Å². The molecule has 1 aromatic carbocycles. The predicted octanol–water partition coefficient (Wildman–Crippen LogP) is 3.70. The van der Waals surface area contributed by atoms with E-state index in [4.69, 9.17) is 0 Å². The number of pyridine rings is 1. The van der Waals surface area contributed by atoms with Gasteiger partial charge in [-0.2, -0.15) is 0 Å². The number of fused-ring (bicyclic) bond motifs is 1. The van der Waals surface area contributed by atoms with Crippen LogP contribution in [-0.4, -0.2) is 25.7 Å². The van der Waals surface area contributed by atoms with Crippen LogP contribution in [0.2, 0.25) is 0 Å². The molecule has 3 aromatic rings. The minimum Gasteiger partial charge on any atom is -0.506 e. The molecule has 3 N–H and O–H groups in total. The van der Waals surface area contributed by atoms with E-state index in [1.807, 2.05) is 25.1 Å². The Kier molecular flexibility index (Phi) is 4.29. The highest BCUT2D eigenvalue weighted by Crippen LogP contribution is 2.41. The van der Waals surface area contributed by atoms with Gasteiger partial charge in [0, 0.05) is 29.2 Å². The van der Waals surface area contributed by atoms with Crippen LogP contribution in [0.5, 0.6) is 5.75 Å². The number of hydrogen-bond donors (Lipinski definition) is 3. The smallest absolute Gasteiger partial charge is 0.345 e. The first kappa shape index (κ1) is 18.3. The van der Waals surface area contributed by atoms with E-state index in [1.54, 1.807) is 0 Å². The maximum absolute atomic E-state index is 12.2. The van der Waals surface area contributed by atoms with Crippen molar-refractivity contribution in [2.75, 3.05) is 0 Å². The van der Waals surface area contributed by atoms with Crippen LogP contribution in [-0.2, 0) is 19.9 Å². The van der Waals surface area contributed by atoms with Gasteiger partial charge in [0.25, 0.3) is 5.56 Å². The molecule has 1 fully saturated rings. The van der Waals surface area contributed by atoms with Crippen molar-refractivity contribution in [1.29, 1.82) is 0 Å². The van der Waals surface area contributed by atoms with Gasteiger partial charge in [0.1, 0.15) is 5.75 Å². The number of aromatic hydroxyl groups is 1. The first-order valence-electron chi connectivity index (χ1n) is 9.61. The van der Waals surface area contributed by atoms with Gasteiger partial charge in [0.15, 0.2) is 5.56 Å². The molecule has 6 nitrogen and oxygen atoms in total. The fourth-order valence-electron chi connectivity index (χ4n) is 4.13. The van der Waals surface area contributed by atoms with Crippen LogP contribution in [0.4, 0.5) is 0 Å². The minimum atomic E-state index is -1.43. The molecule has 1 saturated carbocycles. The quantitative estimate of drug-likeness (QED) is 0.629. The second-order valence-electron chi connectivity index (χ2n) is 7.84. The van der Waals surface area contributed by atoms with Gasteiger partial charge in [0.2, 0.25) is 0 Å². The zero-order valence-corrected chi connectivity index (χ0v) is 16.2. The summed E-state index contributed by atoms with van der Waals surface area (Å²) in [6, 6.07) is 8.07. The van der Waals surface area contributed by atoms with Crippen molar-refractivity contribution < 1.29 is 15.0 Å². The molecule has 0 radical (unpaired) electrons. The number of rotatable bonds is 5. The number of aromatic amines is 1. The lowest BCUT2D eigenvalue weighted by Gasteiger charge is -2.12. The highest BCUT2D eigenvalue weighted by atomic mass is 16.4. The van der Waals surface area contributed by atoms with Crippen molar-refractivity contribution in [3.05, 3.63) is 51.4 Å². The molecule has 0 aliphatic heterocycles. The molecular weight excluding hydrogens is 356 g/mol. The van der Waals surface area contributed by atoms with Crippen molar-refractivity contribution in [1.82, 2.24) is 9.55 Å². The third kappa shape index (κ3) is 2.89. The van der Waals surface area contributed by atoms with Gasteiger partial charge < -0.3 is 19.8 Å². The number of benzene rings is 1. The number of carboxylic acids is 1. The van der Waals surface area contributed by atoms with E-state index in [9.17, 15) is 19.8 Å². The Hall–Kier alpha value is -3.02. The highest BCUT2D eigenvalue weighted by Gasteiger charge is 2.33. The maximum atomic E-state index is 12.2. The first-order valence-corrected chi connectivity index (χ1v) is 9.61. The van der Waals surface area contributed by atoms with E-state index in [0.29, 0.717) is 17.7 Å². The Bertz CT molecular complexity index is 1160. The van der Waals surface area contributed by atoms with E-state index in [2.05, 4.69) is 29.6 Å². The summed E-state index contributed by atoms with van der Waals surface area (Å²) < 4.78 is 2.21. The lowest BCUT2D eigenvalue weighted by molar-refractivity contribution is 0.0691. The summed E-state index contributed by atoms with van der Waals surface area (Å²) in [5, 5.41) is 20.6. The number of carboxylic acid groups (broad SMARTS) is 1. The van der Waals surface area contributed by atoms with Crippen molar-refractivity contribution in [2.45, 2.75) is 33.1 Å². The second-order valence-corrected chi connectivity index (χ2v) is 7.84. The average molecular weight is 380 g/mol. The zero-order chi connectivity index (χ0) is 20.2. The Morgan fingerprint density at radius 2 is 2.04 bits per heavy atom. The van der Waals surface area contributed by atoms with Gasteiger partial charge >= 0.3 is 5.97 Å². The molecule has 4 rings (SSSR count).